The zero-order valence-corrected chi connectivity index (χ0v) is 18.0. The summed E-state index contributed by atoms with van der Waals surface area (Å²) in [6.07, 6.45) is 2.45. The fourth-order valence-electron chi connectivity index (χ4n) is 2.79. The van der Waals surface area contributed by atoms with Crippen molar-refractivity contribution in [3.8, 4) is 11.3 Å². The molecule has 6 nitrogen and oxygen atoms in total. The van der Waals surface area contributed by atoms with E-state index < -0.39 is 0 Å². The maximum absolute atomic E-state index is 12.5. The van der Waals surface area contributed by atoms with E-state index in [0.29, 0.717) is 17.1 Å². The molecule has 0 spiro atoms. The lowest BCUT2D eigenvalue weighted by molar-refractivity contribution is -0.122. The first kappa shape index (κ1) is 20.3. The van der Waals surface area contributed by atoms with Crippen molar-refractivity contribution < 1.29 is 9.59 Å². The number of carbonyl (C=O) groups excluding carboxylic acids is 2. The van der Waals surface area contributed by atoms with E-state index in [-0.39, 0.29) is 24.4 Å². The fourth-order valence-corrected chi connectivity index (χ4v) is 4.17. The summed E-state index contributed by atoms with van der Waals surface area (Å²) in [5.41, 5.74) is 1.94. The zero-order valence-electron chi connectivity index (χ0n) is 15.6. The first-order chi connectivity index (χ1) is 13.5. The first-order valence-electron chi connectivity index (χ1n) is 8.88. The molecule has 8 heteroatoms. The van der Waals surface area contributed by atoms with Crippen LogP contribution in [-0.2, 0) is 4.79 Å². The summed E-state index contributed by atoms with van der Waals surface area (Å²) in [6, 6.07) is 13.2. The van der Waals surface area contributed by atoms with Crippen molar-refractivity contribution in [3.05, 3.63) is 63.1 Å². The number of halogens is 1. The molecule has 3 rings (SSSR count). The number of carbonyl (C=O) groups is 2. The van der Waals surface area contributed by atoms with Gasteiger partial charge in [0.05, 0.1) is 33.1 Å². The summed E-state index contributed by atoms with van der Waals surface area (Å²) in [5, 5.41) is 2.96. The number of benzene rings is 1. The molecule has 0 radical (unpaired) electrons. The topological polar surface area (TPSA) is 78.1 Å². The smallest absolute Gasteiger partial charge is 0.264 e. The highest BCUT2D eigenvalue weighted by molar-refractivity contribution is 9.11. The molecule has 0 aliphatic rings. The number of thiophene rings is 1. The van der Waals surface area contributed by atoms with Gasteiger partial charge in [0, 0.05) is 7.05 Å². The second-order valence-corrected chi connectivity index (χ2v) is 8.80. The summed E-state index contributed by atoms with van der Waals surface area (Å²) in [4.78, 5) is 34.6. The van der Waals surface area contributed by atoms with E-state index >= 15 is 0 Å². The summed E-state index contributed by atoms with van der Waals surface area (Å²) >= 11 is 4.69. The van der Waals surface area contributed by atoms with Crippen molar-refractivity contribution in [2.45, 2.75) is 19.4 Å². The molecule has 28 heavy (non-hydrogen) atoms. The molecular formula is C20H21BrN4O2S. The van der Waals surface area contributed by atoms with Crippen molar-refractivity contribution in [2.75, 3.05) is 13.6 Å². The number of hydrogen-bond donors (Lipinski definition) is 2. The van der Waals surface area contributed by atoms with Crippen LogP contribution in [0.25, 0.3) is 11.3 Å². The minimum absolute atomic E-state index is 0.0168. The number of hydrogen-bond acceptors (Lipinski definition) is 4. The Labute approximate surface area is 176 Å². The van der Waals surface area contributed by atoms with Gasteiger partial charge >= 0.3 is 0 Å². The molecule has 2 heterocycles. The van der Waals surface area contributed by atoms with Crippen LogP contribution < -0.4 is 5.32 Å². The van der Waals surface area contributed by atoms with Crippen molar-refractivity contribution in [3.63, 3.8) is 0 Å². The van der Waals surface area contributed by atoms with Crippen molar-refractivity contribution >= 4 is 39.1 Å². The molecule has 146 valence electrons. The Hall–Kier alpha value is -2.45. The highest BCUT2D eigenvalue weighted by Crippen LogP contribution is 2.23. The predicted molar refractivity (Wildman–Crippen MR) is 114 cm³/mol. The Bertz CT molecular complexity index is 954. The number of aromatic amines is 1. The number of H-pyrrole nitrogens is 1. The second kappa shape index (κ2) is 9.16. The number of nitrogens with zero attached hydrogens (tertiary/aromatic N) is 2. The van der Waals surface area contributed by atoms with Crippen molar-refractivity contribution in [1.29, 1.82) is 0 Å². The Kier molecular flexibility index (Phi) is 6.64. The van der Waals surface area contributed by atoms with Crippen LogP contribution in [0.15, 0.2) is 52.4 Å². The van der Waals surface area contributed by atoms with Crippen LogP contribution in [0, 0.1) is 0 Å². The lowest BCUT2D eigenvalue weighted by Gasteiger charge is -2.19. The normalized spacial score (nSPS) is 11.8. The van der Waals surface area contributed by atoms with Gasteiger partial charge in [0.1, 0.15) is 5.82 Å². The molecule has 0 saturated heterocycles. The van der Waals surface area contributed by atoms with Crippen LogP contribution in [0.5, 0.6) is 0 Å². The minimum atomic E-state index is -0.246. The number of imidazole rings is 1. The van der Waals surface area contributed by atoms with Crippen molar-refractivity contribution in [1.82, 2.24) is 20.2 Å². The van der Waals surface area contributed by atoms with Gasteiger partial charge < -0.3 is 15.2 Å². The molecule has 3 aromatic rings. The molecule has 1 atom stereocenters. The number of amides is 2. The highest BCUT2D eigenvalue weighted by Gasteiger charge is 2.20. The molecule has 0 saturated carbocycles. The van der Waals surface area contributed by atoms with Crippen LogP contribution >= 0.6 is 27.3 Å². The standard InChI is InChI=1S/C20H21BrN4O2S/c1-3-14(19-22-11-15(24-19)13-7-5-4-6-8-13)23-18(26)12-25(2)20(27)16-9-10-17(21)28-16/h4-11,14H,3,12H2,1-2H3,(H,22,24)(H,23,26). The third kappa shape index (κ3) is 4.88. The maximum Gasteiger partial charge on any atom is 0.264 e. The molecular weight excluding hydrogens is 440 g/mol. The van der Waals surface area contributed by atoms with Gasteiger partial charge in [0.25, 0.3) is 5.91 Å². The highest BCUT2D eigenvalue weighted by atomic mass is 79.9. The van der Waals surface area contributed by atoms with Gasteiger partial charge in [0.15, 0.2) is 0 Å². The number of likely N-dealkylation sites (N-methyl/N-ethyl adjacent to an activating group) is 1. The van der Waals surface area contributed by atoms with Crippen LogP contribution in [0.2, 0.25) is 0 Å². The van der Waals surface area contributed by atoms with Crippen LogP contribution in [0.3, 0.4) is 0 Å². The average molecular weight is 461 g/mol. The van der Waals surface area contributed by atoms with E-state index in [9.17, 15) is 9.59 Å². The average Bonchev–Trinajstić information content (AvgIpc) is 3.35. The summed E-state index contributed by atoms with van der Waals surface area (Å²) in [5.74, 6) is 0.296. The second-order valence-electron chi connectivity index (χ2n) is 6.34. The summed E-state index contributed by atoms with van der Waals surface area (Å²) in [6.45, 7) is 1.96. The van der Waals surface area contributed by atoms with E-state index in [1.54, 1.807) is 19.3 Å². The zero-order chi connectivity index (χ0) is 20.1. The van der Waals surface area contributed by atoms with Crippen LogP contribution in [-0.4, -0.2) is 40.3 Å². The first-order valence-corrected chi connectivity index (χ1v) is 10.5. The molecule has 2 aromatic heterocycles. The lowest BCUT2D eigenvalue weighted by Crippen LogP contribution is -2.39. The Morgan fingerprint density at radius 1 is 1.25 bits per heavy atom. The van der Waals surface area contributed by atoms with Gasteiger partial charge in [-0.1, -0.05) is 37.3 Å². The van der Waals surface area contributed by atoms with E-state index in [1.165, 1.54) is 16.2 Å². The monoisotopic (exact) mass is 460 g/mol. The Morgan fingerprint density at radius 3 is 2.64 bits per heavy atom. The Morgan fingerprint density at radius 2 is 2.00 bits per heavy atom. The molecule has 2 N–H and O–H groups in total. The van der Waals surface area contributed by atoms with Crippen LogP contribution in [0.4, 0.5) is 0 Å². The number of rotatable bonds is 7. The largest absolute Gasteiger partial charge is 0.345 e. The number of aromatic nitrogens is 2. The summed E-state index contributed by atoms with van der Waals surface area (Å²) < 4.78 is 0.881. The molecule has 1 aromatic carbocycles. The molecule has 1 unspecified atom stereocenters. The van der Waals surface area contributed by atoms with E-state index in [4.69, 9.17) is 0 Å². The predicted octanol–water partition coefficient (Wildman–Crippen LogP) is 4.24. The van der Waals surface area contributed by atoms with Crippen molar-refractivity contribution in [2.24, 2.45) is 0 Å². The third-order valence-corrected chi connectivity index (χ3v) is 5.88. The molecule has 0 aliphatic carbocycles. The van der Waals surface area contributed by atoms with Gasteiger partial charge in [0.2, 0.25) is 5.91 Å². The number of nitrogens with one attached hydrogen (secondary N) is 2. The minimum Gasteiger partial charge on any atom is -0.345 e. The molecule has 0 fully saturated rings. The molecule has 2 amide bonds. The van der Waals surface area contributed by atoms with Gasteiger partial charge in [-0.15, -0.1) is 11.3 Å². The molecule has 0 aliphatic heterocycles. The van der Waals surface area contributed by atoms with E-state index in [2.05, 4.69) is 31.2 Å². The maximum atomic E-state index is 12.5. The van der Waals surface area contributed by atoms with Gasteiger partial charge in [-0.3, -0.25) is 9.59 Å². The van der Waals surface area contributed by atoms with Gasteiger partial charge in [-0.25, -0.2) is 4.98 Å². The fraction of sp³-hybridized carbons (Fsp3) is 0.250. The van der Waals surface area contributed by atoms with Gasteiger partial charge in [-0.2, -0.15) is 0 Å². The van der Waals surface area contributed by atoms with E-state index in [0.717, 1.165) is 15.0 Å². The Balaban J connectivity index is 1.62. The molecule has 0 bridgehead atoms. The third-order valence-electron chi connectivity index (χ3n) is 4.27. The summed E-state index contributed by atoms with van der Waals surface area (Å²) in [7, 11) is 1.62. The lowest BCUT2D eigenvalue weighted by atomic mass is 10.2. The van der Waals surface area contributed by atoms with E-state index in [1.807, 2.05) is 43.3 Å². The SMILES string of the molecule is CCC(NC(=O)CN(C)C(=O)c1ccc(Br)s1)c1ncc(-c2ccccc2)[nH]1. The van der Waals surface area contributed by atoms with Crippen LogP contribution in [0.1, 0.15) is 34.9 Å². The van der Waals surface area contributed by atoms with Gasteiger partial charge in [-0.05, 0) is 40.0 Å². The quantitative estimate of drug-likeness (QED) is 0.553.